The second-order valence-electron chi connectivity index (χ2n) is 4.92. The van der Waals surface area contributed by atoms with E-state index >= 15 is 0 Å². The van der Waals surface area contributed by atoms with Gasteiger partial charge in [-0.1, -0.05) is 12.5 Å². The molecule has 0 bridgehead atoms. The van der Waals surface area contributed by atoms with E-state index in [0.717, 1.165) is 6.42 Å². The SMILES string of the molecule is CCOc1cccc(C(=O)N[C@@H]2CCC[C@@H]2C(=O)O)c1. The van der Waals surface area contributed by atoms with Crippen LogP contribution in [0.4, 0.5) is 0 Å². The van der Waals surface area contributed by atoms with Crippen LogP contribution in [0.15, 0.2) is 24.3 Å². The van der Waals surface area contributed by atoms with E-state index in [2.05, 4.69) is 5.32 Å². The predicted octanol–water partition coefficient (Wildman–Crippen LogP) is 2.07. The minimum Gasteiger partial charge on any atom is -0.494 e. The van der Waals surface area contributed by atoms with Crippen molar-refractivity contribution in [3.05, 3.63) is 29.8 Å². The lowest BCUT2D eigenvalue weighted by molar-refractivity contribution is -0.142. The van der Waals surface area contributed by atoms with Gasteiger partial charge in [0, 0.05) is 11.6 Å². The number of aliphatic carboxylic acids is 1. The summed E-state index contributed by atoms with van der Waals surface area (Å²) >= 11 is 0. The first-order valence-electron chi connectivity index (χ1n) is 6.88. The molecule has 20 heavy (non-hydrogen) atoms. The lowest BCUT2D eigenvalue weighted by Crippen LogP contribution is -2.40. The summed E-state index contributed by atoms with van der Waals surface area (Å²) in [5.41, 5.74) is 0.493. The molecule has 0 heterocycles. The van der Waals surface area contributed by atoms with Crippen molar-refractivity contribution in [2.45, 2.75) is 32.2 Å². The van der Waals surface area contributed by atoms with E-state index < -0.39 is 11.9 Å². The summed E-state index contributed by atoms with van der Waals surface area (Å²) in [6.07, 6.45) is 2.17. The van der Waals surface area contributed by atoms with E-state index in [1.54, 1.807) is 24.3 Å². The van der Waals surface area contributed by atoms with Crippen LogP contribution in [0.3, 0.4) is 0 Å². The van der Waals surface area contributed by atoms with Gasteiger partial charge in [-0.2, -0.15) is 0 Å². The van der Waals surface area contributed by atoms with Gasteiger partial charge in [-0.3, -0.25) is 9.59 Å². The van der Waals surface area contributed by atoms with Gasteiger partial charge in [0.05, 0.1) is 12.5 Å². The predicted molar refractivity (Wildman–Crippen MR) is 73.8 cm³/mol. The van der Waals surface area contributed by atoms with Gasteiger partial charge in [-0.15, -0.1) is 0 Å². The number of amides is 1. The fourth-order valence-electron chi connectivity index (χ4n) is 2.57. The van der Waals surface area contributed by atoms with Crippen molar-refractivity contribution in [3.63, 3.8) is 0 Å². The van der Waals surface area contributed by atoms with Crippen molar-refractivity contribution in [2.75, 3.05) is 6.61 Å². The Hall–Kier alpha value is -2.04. The number of rotatable bonds is 5. The summed E-state index contributed by atoms with van der Waals surface area (Å²) in [6, 6.07) is 6.63. The van der Waals surface area contributed by atoms with Crippen molar-refractivity contribution in [1.29, 1.82) is 0 Å². The molecule has 0 aromatic heterocycles. The Kier molecular flexibility index (Phi) is 4.61. The lowest BCUT2D eigenvalue weighted by Gasteiger charge is -2.17. The number of carboxylic acid groups (broad SMARTS) is 1. The number of carbonyl (C=O) groups excluding carboxylic acids is 1. The van der Waals surface area contributed by atoms with Gasteiger partial charge >= 0.3 is 5.97 Å². The second kappa shape index (κ2) is 6.41. The summed E-state index contributed by atoms with van der Waals surface area (Å²) in [4.78, 5) is 23.3. The Labute approximate surface area is 117 Å². The fourth-order valence-corrected chi connectivity index (χ4v) is 2.57. The zero-order valence-electron chi connectivity index (χ0n) is 11.5. The topological polar surface area (TPSA) is 75.6 Å². The van der Waals surface area contributed by atoms with Gasteiger partial charge in [0.25, 0.3) is 5.91 Å². The first kappa shape index (κ1) is 14.4. The molecule has 0 radical (unpaired) electrons. The molecule has 5 heteroatoms. The summed E-state index contributed by atoms with van der Waals surface area (Å²) in [6.45, 7) is 2.41. The molecular formula is C15H19NO4. The molecule has 1 saturated carbocycles. The number of carboxylic acids is 1. The normalized spacial score (nSPS) is 21.4. The number of carbonyl (C=O) groups is 2. The van der Waals surface area contributed by atoms with Crippen molar-refractivity contribution in [2.24, 2.45) is 5.92 Å². The summed E-state index contributed by atoms with van der Waals surface area (Å²) in [7, 11) is 0. The van der Waals surface area contributed by atoms with E-state index in [0.29, 0.717) is 30.8 Å². The molecule has 0 spiro atoms. The molecule has 2 N–H and O–H groups in total. The third-order valence-corrected chi connectivity index (χ3v) is 3.56. The highest BCUT2D eigenvalue weighted by molar-refractivity contribution is 5.95. The van der Waals surface area contributed by atoms with Crippen molar-refractivity contribution in [3.8, 4) is 5.75 Å². The molecule has 1 amide bonds. The van der Waals surface area contributed by atoms with Gasteiger partial charge in [-0.05, 0) is 38.0 Å². The van der Waals surface area contributed by atoms with Crippen LogP contribution in [0.5, 0.6) is 5.75 Å². The van der Waals surface area contributed by atoms with Gasteiger partial charge in [0.1, 0.15) is 5.75 Å². The first-order valence-corrected chi connectivity index (χ1v) is 6.88. The number of ether oxygens (including phenoxy) is 1. The van der Waals surface area contributed by atoms with Crippen molar-refractivity contribution >= 4 is 11.9 Å². The van der Waals surface area contributed by atoms with E-state index in [9.17, 15) is 9.59 Å². The standard InChI is InChI=1S/C15H19NO4/c1-2-20-11-6-3-5-10(9-11)14(17)16-13-8-4-7-12(13)15(18)19/h3,5-6,9,12-13H,2,4,7-8H2,1H3,(H,16,17)(H,18,19)/t12-,13+/m0/s1. The zero-order chi connectivity index (χ0) is 14.5. The van der Waals surface area contributed by atoms with Crippen LogP contribution in [-0.4, -0.2) is 29.6 Å². The molecule has 0 aliphatic heterocycles. The van der Waals surface area contributed by atoms with Crippen LogP contribution in [-0.2, 0) is 4.79 Å². The number of nitrogens with one attached hydrogen (secondary N) is 1. The maximum Gasteiger partial charge on any atom is 0.308 e. The molecule has 0 unspecified atom stereocenters. The minimum absolute atomic E-state index is 0.246. The third kappa shape index (κ3) is 3.29. The Bertz CT molecular complexity index is 500. The molecule has 1 aromatic carbocycles. The fraction of sp³-hybridized carbons (Fsp3) is 0.467. The average molecular weight is 277 g/mol. The van der Waals surface area contributed by atoms with E-state index in [1.165, 1.54) is 0 Å². The first-order chi connectivity index (χ1) is 9.61. The Morgan fingerprint density at radius 3 is 2.90 bits per heavy atom. The van der Waals surface area contributed by atoms with Crippen molar-refractivity contribution in [1.82, 2.24) is 5.32 Å². The molecule has 108 valence electrons. The molecule has 1 fully saturated rings. The van der Waals surface area contributed by atoms with Crippen LogP contribution in [0.1, 0.15) is 36.5 Å². The molecule has 2 atom stereocenters. The van der Waals surface area contributed by atoms with Gasteiger partial charge in [0.15, 0.2) is 0 Å². The Morgan fingerprint density at radius 2 is 2.20 bits per heavy atom. The Balaban J connectivity index is 2.04. The number of hydrogen-bond acceptors (Lipinski definition) is 3. The lowest BCUT2D eigenvalue weighted by atomic mass is 10.0. The van der Waals surface area contributed by atoms with Crippen LogP contribution < -0.4 is 10.1 Å². The largest absolute Gasteiger partial charge is 0.494 e. The summed E-state index contributed by atoms with van der Waals surface area (Å²) < 4.78 is 5.35. The second-order valence-corrected chi connectivity index (χ2v) is 4.92. The summed E-state index contributed by atoms with van der Waals surface area (Å²) in [5, 5.41) is 11.9. The zero-order valence-corrected chi connectivity index (χ0v) is 11.5. The molecule has 2 rings (SSSR count). The number of hydrogen-bond donors (Lipinski definition) is 2. The van der Waals surface area contributed by atoms with Crippen LogP contribution in [0, 0.1) is 5.92 Å². The van der Waals surface area contributed by atoms with E-state index in [1.807, 2.05) is 6.92 Å². The van der Waals surface area contributed by atoms with E-state index in [4.69, 9.17) is 9.84 Å². The van der Waals surface area contributed by atoms with Crippen LogP contribution in [0.25, 0.3) is 0 Å². The van der Waals surface area contributed by atoms with Crippen molar-refractivity contribution < 1.29 is 19.4 Å². The third-order valence-electron chi connectivity index (χ3n) is 3.56. The van der Waals surface area contributed by atoms with Crippen LogP contribution in [0.2, 0.25) is 0 Å². The van der Waals surface area contributed by atoms with Gasteiger partial charge in [0.2, 0.25) is 0 Å². The molecule has 1 aliphatic carbocycles. The molecule has 1 aliphatic rings. The monoisotopic (exact) mass is 277 g/mol. The smallest absolute Gasteiger partial charge is 0.308 e. The highest BCUT2D eigenvalue weighted by atomic mass is 16.5. The van der Waals surface area contributed by atoms with Gasteiger partial charge in [-0.25, -0.2) is 0 Å². The molecule has 0 saturated heterocycles. The number of benzene rings is 1. The van der Waals surface area contributed by atoms with Crippen LogP contribution >= 0.6 is 0 Å². The molecular weight excluding hydrogens is 258 g/mol. The highest BCUT2D eigenvalue weighted by Gasteiger charge is 2.33. The molecule has 1 aromatic rings. The highest BCUT2D eigenvalue weighted by Crippen LogP contribution is 2.26. The van der Waals surface area contributed by atoms with Gasteiger partial charge < -0.3 is 15.2 Å². The minimum atomic E-state index is -0.837. The Morgan fingerprint density at radius 1 is 1.40 bits per heavy atom. The quantitative estimate of drug-likeness (QED) is 0.864. The maximum atomic E-state index is 12.2. The maximum absolute atomic E-state index is 12.2. The van der Waals surface area contributed by atoms with E-state index in [-0.39, 0.29) is 11.9 Å². The summed E-state index contributed by atoms with van der Waals surface area (Å²) in [5.74, 6) is -0.920. The molecule has 5 nitrogen and oxygen atoms in total. The average Bonchev–Trinajstić information content (AvgIpc) is 2.88.